The number of carbonyl (C=O) groups is 1. The van der Waals surface area contributed by atoms with Crippen LogP contribution in [-0.4, -0.2) is 25.8 Å². The molecular formula is C20H17Cl5O4. The maximum Gasteiger partial charge on any atom is 0.339 e. The van der Waals surface area contributed by atoms with Gasteiger partial charge >= 0.3 is 5.97 Å². The van der Waals surface area contributed by atoms with Gasteiger partial charge in [0.1, 0.15) is 16.8 Å². The van der Waals surface area contributed by atoms with E-state index in [0.717, 1.165) is 0 Å². The zero-order valence-electron chi connectivity index (χ0n) is 15.1. The molecule has 0 saturated heterocycles. The average Bonchev–Trinajstić information content (AvgIpc) is 2.66. The summed E-state index contributed by atoms with van der Waals surface area (Å²) < 4.78 is 16.4. The fourth-order valence-corrected chi connectivity index (χ4v) is 3.12. The number of halogens is 5. The summed E-state index contributed by atoms with van der Waals surface area (Å²) in [6.45, 7) is 0.786. The van der Waals surface area contributed by atoms with Crippen molar-refractivity contribution >= 4 is 64.0 Å². The van der Waals surface area contributed by atoms with Gasteiger partial charge in [-0.1, -0.05) is 70.1 Å². The SMILES string of the molecule is O=C(OCCCCOc1c(Cl)cc(OCC=C(Cl)Cl)cc1Cl)c1ccccc1Cl. The van der Waals surface area contributed by atoms with Crippen LogP contribution in [0.5, 0.6) is 11.5 Å². The van der Waals surface area contributed by atoms with E-state index in [0.29, 0.717) is 51.6 Å². The van der Waals surface area contributed by atoms with Crippen molar-refractivity contribution in [1.82, 2.24) is 0 Å². The summed E-state index contributed by atoms with van der Waals surface area (Å²) in [7, 11) is 0. The Kier molecular flexibility index (Phi) is 10.3. The molecule has 0 heterocycles. The number of benzene rings is 2. The van der Waals surface area contributed by atoms with Crippen molar-refractivity contribution in [2.45, 2.75) is 12.8 Å². The number of rotatable bonds is 10. The van der Waals surface area contributed by atoms with E-state index in [2.05, 4.69) is 0 Å². The molecule has 0 aliphatic heterocycles. The predicted octanol–water partition coefficient (Wildman–Crippen LogP) is 7.36. The van der Waals surface area contributed by atoms with E-state index in [9.17, 15) is 4.79 Å². The zero-order valence-corrected chi connectivity index (χ0v) is 18.9. The van der Waals surface area contributed by atoms with Gasteiger partial charge < -0.3 is 14.2 Å². The second-order valence-corrected chi connectivity index (χ2v) is 7.92. The summed E-state index contributed by atoms with van der Waals surface area (Å²) in [6.07, 6.45) is 2.74. The molecule has 0 spiro atoms. The van der Waals surface area contributed by atoms with Crippen molar-refractivity contribution in [3.63, 3.8) is 0 Å². The summed E-state index contributed by atoms with van der Waals surface area (Å²) in [5.74, 6) is 0.368. The van der Waals surface area contributed by atoms with Crippen molar-refractivity contribution in [2.75, 3.05) is 19.8 Å². The second kappa shape index (κ2) is 12.4. The number of carbonyl (C=O) groups excluding carboxylic acids is 1. The fourth-order valence-electron chi connectivity index (χ4n) is 2.21. The molecule has 2 rings (SSSR count). The van der Waals surface area contributed by atoms with Crippen LogP contribution in [0, 0.1) is 0 Å². The van der Waals surface area contributed by atoms with Crippen molar-refractivity contribution in [3.05, 3.63) is 67.6 Å². The van der Waals surface area contributed by atoms with Gasteiger partial charge in [0.15, 0.2) is 5.75 Å². The van der Waals surface area contributed by atoms with Crippen LogP contribution in [0.25, 0.3) is 0 Å². The first kappa shape index (κ1) is 24.0. The van der Waals surface area contributed by atoms with Crippen LogP contribution in [0.15, 0.2) is 47.0 Å². The van der Waals surface area contributed by atoms with Gasteiger partial charge in [-0.15, -0.1) is 0 Å². The molecule has 0 atom stereocenters. The van der Waals surface area contributed by atoms with Gasteiger partial charge in [0, 0.05) is 12.1 Å². The number of hydrogen-bond donors (Lipinski definition) is 0. The summed E-state index contributed by atoms with van der Waals surface area (Å²) >= 11 is 29.4. The maximum absolute atomic E-state index is 12.0. The lowest BCUT2D eigenvalue weighted by atomic mass is 10.2. The first-order valence-corrected chi connectivity index (χ1v) is 10.4. The van der Waals surface area contributed by atoms with Crippen LogP contribution in [0.4, 0.5) is 0 Å². The Labute approximate surface area is 194 Å². The molecule has 0 radical (unpaired) electrons. The standard InChI is InChI=1S/C20H17Cl5O4/c21-15-6-2-1-5-14(15)20(26)29-9-4-3-8-28-19-16(22)11-13(12-17(19)23)27-10-7-18(24)25/h1-2,5-7,11-12H,3-4,8-10H2. The van der Waals surface area contributed by atoms with Crippen molar-refractivity contribution in [3.8, 4) is 11.5 Å². The first-order valence-electron chi connectivity index (χ1n) is 8.56. The Morgan fingerprint density at radius 3 is 2.21 bits per heavy atom. The van der Waals surface area contributed by atoms with E-state index in [1.165, 1.54) is 6.08 Å². The Bertz CT molecular complexity index is 843. The summed E-state index contributed by atoms with van der Waals surface area (Å²) in [5.41, 5.74) is 0.343. The molecule has 0 aliphatic rings. The highest BCUT2D eigenvalue weighted by Crippen LogP contribution is 2.37. The first-order chi connectivity index (χ1) is 13.9. The van der Waals surface area contributed by atoms with Gasteiger partial charge in [-0.3, -0.25) is 0 Å². The predicted molar refractivity (Wildman–Crippen MR) is 118 cm³/mol. The lowest BCUT2D eigenvalue weighted by Crippen LogP contribution is -2.08. The average molecular weight is 499 g/mol. The Hall–Kier alpha value is -1.30. The molecule has 0 aromatic heterocycles. The molecule has 0 N–H and O–H groups in total. The van der Waals surface area contributed by atoms with E-state index in [4.69, 9.17) is 72.2 Å². The van der Waals surface area contributed by atoms with Crippen molar-refractivity contribution < 1.29 is 19.0 Å². The van der Waals surface area contributed by atoms with Gasteiger partial charge in [-0.2, -0.15) is 0 Å². The molecule has 0 amide bonds. The summed E-state index contributed by atoms with van der Waals surface area (Å²) in [4.78, 5) is 12.0. The lowest BCUT2D eigenvalue weighted by molar-refractivity contribution is 0.0494. The topological polar surface area (TPSA) is 44.8 Å². The highest BCUT2D eigenvalue weighted by molar-refractivity contribution is 6.55. The molecule has 2 aromatic carbocycles. The lowest BCUT2D eigenvalue weighted by Gasteiger charge is -2.12. The van der Waals surface area contributed by atoms with Crippen LogP contribution in [0.2, 0.25) is 15.1 Å². The number of ether oxygens (including phenoxy) is 3. The molecule has 0 bridgehead atoms. The molecule has 0 aliphatic carbocycles. The van der Waals surface area contributed by atoms with E-state index < -0.39 is 5.97 Å². The fraction of sp³-hybridized carbons (Fsp3) is 0.250. The third-order valence-electron chi connectivity index (χ3n) is 3.57. The molecule has 29 heavy (non-hydrogen) atoms. The van der Waals surface area contributed by atoms with Crippen LogP contribution in [0.1, 0.15) is 23.2 Å². The number of esters is 1. The third-order valence-corrected chi connectivity index (χ3v) is 4.77. The van der Waals surface area contributed by atoms with Crippen LogP contribution < -0.4 is 9.47 Å². The van der Waals surface area contributed by atoms with Gasteiger partial charge in [0.25, 0.3) is 0 Å². The summed E-state index contributed by atoms with van der Waals surface area (Å²) in [6, 6.07) is 9.90. The third kappa shape index (κ3) is 8.15. The van der Waals surface area contributed by atoms with E-state index in [-0.39, 0.29) is 17.7 Å². The monoisotopic (exact) mass is 496 g/mol. The molecule has 0 unspecified atom stereocenters. The molecule has 9 heteroatoms. The van der Waals surface area contributed by atoms with E-state index in [1.807, 2.05) is 0 Å². The molecule has 0 fully saturated rings. The minimum atomic E-state index is -0.455. The Balaban J connectivity index is 1.74. The number of unbranched alkanes of at least 4 members (excludes halogenated alkanes) is 1. The van der Waals surface area contributed by atoms with Crippen LogP contribution in [-0.2, 0) is 4.74 Å². The van der Waals surface area contributed by atoms with Gasteiger partial charge in [-0.05, 0) is 31.1 Å². The molecule has 4 nitrogen and oxygen atoms in total. The summed E-state index contributed by atoms with van der Waals surface area (Å²) in [5, 5.41) is 0.997. The van der Waals surface area contributed by atoms with E-state index >= 15 is 0 Å². The Morgan fingerprint density at radius 2 is 1.55 bits per heavy atom. The quantitative estimate of drug-likeness (QED) is 0.254. The minimum absolute atomic E-state index is 0.111. The Morgan fingerprint density at radius 1 is 0.897 bits per heavy atom. The smallest absolute Gasteiger partial charge is 0.339 e. The largest absolute Gasteiger partial charge is 0.490 e. The molecule has 2 aromatic rings. The normalized spacial score (nSPS) is 10.4. The minimum Gasteiger partial charge on any atom is -0.490 e. The maximum atomic E-state index is 12.0. The molecule has 0 saturated carbocycles. The van der Waals surface area contributed by atoms with Gasteiger partial charge in [0.05, 0.1) is 33.8 Å². The van der Waals surface area contributed by atoms with Gasteiger partial charge in [-0.25, -0.2) is 4.79 Å². The molecular weight excluding hydrogens is 481 g/mol. The second-order valence-electron chi connectivity index (χ2n) is 5.69. The zero-order chi connectivity index (χ0) is 21.2. The van der Waals surface area contributed by atoms with Crippen LogP contribution in [0.3, 0.4) is 0 Å². The van der Waals surface area contributed by atoms with Crippen molar-refractivity contribution in [1.29, 1.82) is 0 Å². The van der Waals surface area contributed by atoms with Crippen molar-refractivity contribution in [2.24, 2.45) is 0 Å². The van der Waals surface area contributed by atoms with Gasteiger partial charge in [0.2, 0.25) is 0 Å². The van der Waals surface area contributed by atoms with Crippen LogP contribution >= 0.6 is 58.0 Å². The molecule has 156 valence electrons. The highest BCUT2D eigenvalue weighted by atomic mass is 35.5. The number of hydrogen-bond acceptors (Lipinski definition) is 4. The highest BCUT2D eigenvalue weighted by Gasteiger charge is 2.12. The van der Waals surface area contributed by atoms with E-state index in [1.54, 1.807) is 36.4 Å².